The van der Waals surface area contributed by atoms with E-state index in [1.54, 1.807) is 0 Å². The first-order valence-corrected chi connectivity index (χ1v) is 0.651. The van der Waals surface area contributed by atoms with E-state index >= 15 is 0 Å². The summed E-state index contributed by atoms with van der Waals surface area (Å²) >= 11 is 0. The molecule has 2 N–H and O–H groups in total. The van der Waals surface area contributed by atoms with Crippen LogP contribution in [-0.4, -0.2) is 16.4 Å². The number of carbonyl (C=O) groups is 1. The minimum absolute atomic E-state index is 0. The number of rotatable bonds is 0. The molecule has 0 unspecified atom stereocenters. The maximum Gasteiger partial charge on any atom is 0.503 e. The molecule has 42 valence electrons. The Morgan fingerprint density at radius 2 is 1.33 bits per heavy atom. The molecule has 6 heavy (non-hydrogen) atoms. The van der Waals surface area contributed by atoms with Crippen LogP contribution in [0.4, 0.5) is 4.79 Å². The molecule has 0 aliphatic rings. The summed E-state index contributed by atoms with van der Waals surface area (Å²) in [7, 11) is 0. The van der Waals surface area contributed by atoms with Crippen LogP contribution in [0, 0.1) is 0 Å². The Morgan fingerprint density at radius 1 is 1.33 bits per heavy atom. The van der Waals surface area contributed by atoms with Crippen molar-refractivity contribution < 1.29 is 48.6 Å². The van der Waals surface area contributed by atoms with Gasteiger partial charge in [-0.25, -0.2) is 4.79 Å². The van der Waals surface area contributed by atoms with Crippen molar-refractivity contribution in [1.29, 1.82) is 0 Å². The molecule has 0 amide bonds. The molecular formula is CH2FeNiO3. The predicted octanol–water partition coefficient (Wildman–Crippen LogP) is 0.217. The third-order valence-electron chi connectivity index (χ3n) is 0. The molecule has 0 saturated heterocycles. The van der Waals surface area contributed by atoms with Crippen molar-refractivity contribution in [3.63, 3.8) is 0 Å². The van der Waals surface area contributed by atoms with Gasteiger partial charge in [-0.1, -0.05) is 0 Å². The monoisotopic (exact) mass is 176 g/mol. The first-order valence-electron chi connectivity index (χ1n) is 0.651. The minimum Gasteiger partial charge on any atom is -0.450 e. The smallest absolute Gasteiger partial charge is 0.450 e. The first kappa shape index (κ1) is 16.3. The Hall–Kier alpha value is 0.283. The molecule has 0 saturated carbocycles. The van der Waals surface area contributed by atoms with Crippen molar-refractivity contribution in [2.75, 3.05) is 0 Å². The van der Waals surface area contributed by atoms with Gasteiger partial charge in [-0.15, -0.1) is 0 Å². The standard InChI is InChI=1S/CH2O3.Fe.Ni/c2-1(3)4;;/h(H2,2,3,4);;. The van der Waals surface area contributed by atoms with E-state index in [-0.39, 0.29) is 33.6 Å². The Labute approximate surface area is 55.1 Å². The maximum atomic E-state index is 8.56. The second kappa shape index (κ2) is 8.99. The van der Waals surface area contributed by atoms with Crippen molar-refractivity contribution in [3.05, 3.63) is 0 Å². The molecule has 0 heterocycles. The third kappa shape index (κ3) is 576. The van der Waals surface area contributed by atoms with Crippen LogP contribution in [0.1, 0.15) is 0 Å². The number of carboxylic acid groups (broad SMARTS) is 2. The molecule has 0 fully saturated rings. The second-order valence-electron chi connectivity index (χ2n) is 0.283. The summed E-state index contributed by atoms with van der Waals surface area (Å²) < 4.78 is 0. The average Bonchev–Trinajstić information content (AvgIpc) is 0.811. The van der Waals surface area contributed by atoms with Gasteiger partial charge in [0.1, 0.15) is 0 Å². The van der Waals surface area contributed by atoms with E-state index in [4.69, 9.17) is 15.0 Å². The van der Waals surface area contributed by atoms with Crippen LogP contribution in [0.2, 0.25) is 0 Å². The Balaban J connectivity index is -0.0000000450. The van der Waals surface area contributed by atoms with Gasteiger partial charge in [0.2, 0.25) is 0 Å². The molecule has 0 aliphatic carbocycles. The normalized spacial score (nSPS) is 4.00. The van der Waals surface area contributed by atoms with E-state index in [2.05, 4.69) is 0 Å². The summed E-state index contributed by atoms with van der Waals surface area (Å²) in [5, 5.41) is 13.9. The summed E-state index contributed by atoms with van der Waals surface area (Å²) in [5.74, 6) is 0. The Kier molecular flexibility index (Phi) is 24.4. The van der Waals surface area contributed by atoms with Gasteiger partial charge in [0.05, 0.1) is 0 Å². The fraction of sp³-hybridized carbons (Fsp3) is 0. The van der Waals surface area contributed by atoms with Crippen LogP contribution in [0.15, 0.2) is 0 Å². The first-order chi connectivity index (χ1) is 1.73. The second-order valence-corrected chi connectivity index (χ2v) is 0.283. The largest absolute Gasteiger partial charge is 0.503 e. The third-order valence-corrected chi connectivity index (χ3v) is 0. The van der Waals surface area contributed by atoms with E-state index < -0.39 is 6.16 Å². The van der Waals surface area contributed by atoms with Crippen LogP contribution in [-0.2, 0) is 33.6 Å². The van der Waals surface area contributed by atoms with Gasteiger partial charge < -0.3 is 10.2 Å². The van der Waals surface area contributed by atoms with Crippen molar-refractivity contribution in [1.82, 2.24) is 0 Å². The summed E-state index contributed by atoms with van der Waals surface area (Å²) in [6, 6.07) is 0. The summed E-state index contributed by atoms with van der Waals surface area (Å²) in [5.41, 5.74) is 0. The van der Waals surface area contributed by atoms with Gasteiger partial charge in [0, 0.05) is 33.6 Å². The zero-order chi connectivity index (χ0) is 3.58. The SMILES string of the molecule is O=C(O)O.[Fe].[Ni]. The van der Waals surface area contributed by atoms with Crippen LogP contribution < -0.4 is 0 Å². The van der Waals surface area contributed by atoms with Crippen molar-refractivity contribution in [2.24, 2.45) is 0 Å². The zero-order valence-corrected chi connectivity index (χ0v) is 4.56. The number of hydrogen-bond donors (Lipinski definition) is 2. The fourth-order valence-electron chi connectivity index (χ4n) is 0. The zero-order valence-electron chi connectivity index (χ0n) is 2.47. The molecule has 0 aromatic carbocycles. The predicted molar refractivity (Wildman–Crippen MR) is 10.7 cm³/mol. The van der Waals surface area contributed by atoms with E-state index in [0.717, 1.165) is 0 Å². The van der Waals surface area contributed by atoms with Crippen molar-refractivity contribution in [3.8, 4) is 0 Å². The van der Waals surface area contributed by atoms with E-state index in [1.807, 2.05) is 0 Å². The molecule has 0 spiro atoms. The molecule has 0 bridgehead atoms. The molecule has 5 heteroatoms. The molecule has 3 nitrogen and oxygen atoms in total. The molecule has 0 radical (unpaired) electrons. The van der Waals surface area contributed by atoms with Gasteiger partial charge in [0.15, 0.2) is 0 Å². The number of hydrogen-bond acceptors (Lipinski definition) is 1. The van der Waals surface area contributed by atoms with Gasteiger partial charge in [-0.2, -0.15) is 0 Å². The van der Waals surface area contributed by atoms with Crippen LogP contribution in [0.25, 0.3) is 0 Å². The van der Waals surface area contributed by atoms with Gasteiger partial charge in [-0.3, -0.25) is 0 Å². The van der Waals surface area contributed by atoms with Gasteiger partial charge in [0.25, 0.3) is 0 Å². The maximum absolute atomic E-state index is 8.56. The van der Waals surface area contributed by atoms with Crippen molar-refractivity contribution >= 4 is 6.16 Å². The molecular weight excluding hydrogens is 175 g/mol. The van der Waals surface area contributed by atoms with Crippen LogP contribution in [0.5, 0.6) is 0 Å². The molecule has 0 rings (SSSR count). The molecule has 0 aliphatic heterocycles. The summed E-state index contributed by atoms with van der Waals surface area (Å²) in [6.45, 7) is 0. The molecule has 0 aromatic rings. The molecule has 0 atom stereocenters. The topological polar surface area (TPSA) is 57.5 Å². The van der Waals surface area contributed by atoms with Crippen molar-refractivity contribution in [2.45, 2.75) is 0 Å². The average molecular weight is 177 g/mol. The van der Waals surface area contributed by atoms with Gasteiger partial charge in [-0.05, 0) is 0 Å². The minimum atomic E-state index is -1.83. The van der Waals surface area contributed by atoms with Crippen LogP contribution >= 0.6 is 0 Å². The molecule has 0 aromatic heterocycles. The van der Waals surface area contributed by atoms with E-state index in [0.29, 0.717) is 0 Å². The van der Waals surface area contributed by atoms with E-state index in [1.165, 1.54) is 0 Å². The Bertz CT molecular complexity index is 33.8. The van der Waals surface area contributed by atoms with E-state index in [9.17, 15) is 0 Å². The van der Waals surface area contributed by atoms with Gasteiger partial charge >= 0.3 is 6.16 Å². The Morgan fingerprint density at radius 3 is 1.33 bits per heavy atom. The fourth-order valence-corrected chi connectivity index (χ4v) is 0. The quantitative estimate of drug-likeness (QED) is 0.519. The summed E-state index contributed by atoms with van der Waals surface area (Å²) in [4.78, 5) is 8.56. The summed E-state index contributed by atoms with van der Waals surface area (Å²) in [6.07, 6.45) is -1.83. The van der Waals surface area contributed by atoms with Crippen LogP contribution in [0.3, 0.4) is 0 Å².